The van der Waals surface area contributed by atoms with Crippen LogP contribution in [0.25, 0.3) is 0 Å². The number of carboxylic acid groups (broad SMARTS) is 1. The van der Waals surface area contributed by atoms with Gasteiger partial charge < -0.3 is 15.4 Å². The van der Waals surface area contributed by atoms with Gasteiger partial charge in [0, 0.05) is 12.2 Å². The third kappa shape index (κ3) is 3.16. The Hall–Kier alpha value is -2.18. The lowest BCUT2D eigenvalue weighted by Crippen LogP contribution is -2.38. The molecular weight excluding hydrogens is 238 g/mol. The zero-order valence-electron chi connectivity index (χ0n) is 9.55. The quantitative estimate of drug-likeness (QED) is 0.668. The average Bonchev–Trinajstić information content (AvgIpc) is 3.12. The largest absolute Gasteiger partial charge is 0.481 e. The van der Waals surface area contributed by atoms with Crippen molar-refractivity contribution in [2.24, 2.45) is 5.92 Å². The molecule has 7 nitrogen and oxygen atoms in total. The number of hydrogen-bond donors (Lipinski definition) is 3. The van der Waals surface area contributed by atoms with E-state index >= 15 is 0 Å². The lowest BCUT2D eigenvalue weighted by molar-refractivity contribution is -0.137. The smallest absolute Gasteiger partial charge is 0.305 e. The van der Waals surface area contributed by atoms with Crippen molar-refractivity contribution in [2.45, 2.75) is 25.3 Å². The number of hydrogen-bond acceptors (Lipinski definition) is 4. The van der Waals surface area contributed by atoms with E-state index in [1.165, 1.54) is 6.20 Å². The van der Waals surface area contributed by atoms with Crippen molar-refractivity contribution in [1.82, 2.24) is 15.3 Å². The van der Waals surface area contributed by atoms with Gasteiger partial charge in [0.25, 0.3) is 11.5 Å². The van der Waals surface area contributed by atoms with Crippen LogP contribution < -0.4 is 10.9 Å². The SMILES string of the molecule is O=C(O)CC(NC(=O)c1c[nH]c(=O)cn1)C1CC1. The van der Waals surface area contributed by atoms with E-state index in [1.54, 1.807) is 0 Å². The molecule has 1 unspecified atom stereocenters. The van der Waals surface area contributed by atoms with Crippen molar-refractivity contribution in [1.29, 1.82) is 0 Å². The number of amides is 1. The molecule has 1 aliphatic rings. The summed E-state index contributed by atoms with van der Waals surface area (Å²) in [7, 11) is 0. The predicted octanol–water partition coefficient (Wildman–Crippen LogP) is -0.247. The Kier molecular flexibility index (Phi) is 3.40. The second-order valence-electron chi connectivity index (χ2n) is 4.31. The Morgan fingerprint density at radius 1 is 1.56 bits per heavy atom. The molecule has 96 valence electrons. The summed E-state index contributed by atoms with van der Waals surface area (Å²) in [5.41, 5.74) is -0.318. The summed E-state index contributed by atoms with van der Waals surface area (Å²) in [6.45, 7) is 0. The molecule has 1 atom stereocenters. The first-order chi connectivity index (χ1) is 8.56. The predicted molar refractivity (Wildman–Crippen MR) is 61.1 cm³/mol. The molecule has 1 saturated carbocycles. The number of carbonyl (C=O) groups excluding carboxylic acids is 1. The first-order valence-electron chi connectivity index (χ1n) is 5.63. The van der Waals surface area contributed by atoms with Crippen LogP contribution in [0.2, 0.25) is 0 Å². The van der Waals surface area contributed by atoms with Gasteiger partial charge in [0.1, 0.15) is 5.69 Å². The monoisotopic (exact) mass is 251 g/mol. The van der Waals surface area contributed by atoms with Gasteiger partial charge in [0.2, 0.25) is 0 Å². The van der Waals surface area contributed by atoms with Crippen LogP contribution in [-0.2, 0) is 4.79 Å². The highest BCUT2D eigenvalue weighted by atomic mass is 16.4. The molecule has 0 spiro atoms. The fraction of sp³-hybridized carbons (Fsp3) is 0.455. The third-order valence-electron chi connectivity index (χ3n) is 2.81. The van der Waals surface area contributed by atoms with Gasteiger partial charge in [-0.2, -0.15) is 0 Å². The molecule has 1 fully saturated rings. The number of nitrogens with zero attached hydrogens (tertiary/aromatic N) is 1. The van der Waals surface area contributed by atoms with Crippen molar-refractivity contribution >= 4 is 11.9 Å². The van der Waals surface area contributed by atoms with Crippen LogP contribution in [0.1, 0.15) is 29.8 Å². The molecule has 1 aliphatic carbocycles. The minimum absolute atomic E-state index is 0.0747. The molecule has 3 N–H and O–H groups in total. The zero-order chi connectivity index (χ0) is 13.1. The van der Waals surface area contributed by atoms with Gasteiger partial charge in [-0.05, 0) is 18.8 Å². The van der Waals surface area contributed by atoms with Crippen molar-refractivity contribution in [2.75, 3.05) is 0 Å². The molecular formula is C11H13N3O4. The van der Waals surface area contributed by atoms with Crippen LogP contribution in [-0.4, -0.2) is 33.0 Å². The average molecular weight is 251 g/mol. The molecule has 0 aliphatic heterocycles. The summed E-state index contributed by atoms with van der Waals surface area (Å²) in [6, 6.07) is -0.372. The van der Waals surface area contributed by atoms with E-state index in [2.05, 4.69) is 15.3 Å². The highest BCUT2D eigenvalue weighted by molar-refractivity contribution is 5.92. The van der Waals surface area contributed by atoms with E-state index < -0.39 is 17.4 Å². The fourth-order valence-electron chi connectivity index (χ4n) is 1.73. The van der Waals surface area contributed by atoms with Crippen molar-refractivity contribution in [3.05, 3.63) is 28.4 Å². The summed E-state index contributed by atoms with van der Waals surface area (Å²) >= 11 is 0. The number of carboxylic acids is 1. The molecule has 2 rings (SSSR count). The van der Waals surface area contributed by atoms with Crippen LogP contribution in [0.15, 0.2) is 17.2 Å². The van der Waals surface area contributed by atoms with Crippen LogP contribution in [0, 0.1) is 5.92 Å². The molecule has 18 heavy (non-hydrogen) atoms. The summed E-state index contributed by atoms with van der Waals surface area (Å²) in [4.78, 5) is 39.3. The molecule has 1 aromatic rings. The molecule has 1 heterocycles. The summed E-state index contributed by atoms with van der Waals surface area (Å²) in [5, 5.41) is 11.4. The third-order valence-corrected chi connectivity index (χ3v) is 2.81. The first kappa shape index (κ1) is 12.3. The van der Waals surface area contributed by atoms with Crippen LogP contribution in [0.5, 0.6) is 0 Å². The number of rotatable bonds is 5. The Bertz CT molecular complexity index is 501. The number of H-pyrrole nitrogens is 1. The van der Waals surface area contributed by atoms with Crippen LogP contribution in [0.4, 0.5) is 0 Å². The maximum absolute atomic E-state index is 11.8. The summed E-state index contributed by atoms with van der Waals surface area (Å²) < 4.78 is 0. The van der Waals surface area contributed by atoms with E-state index in [-0.39, 0.29) is 24.1 Å². The van der Waals surface area contributed by atoms with Crippen LogP contribution >= 0.6 is 0 Å². The molecule has 1 amide bonds. The lowest BCUT2D eigenvalue weighted by Gasteiger charge is -2.15. The van der Waals surface area contributed by atoms with Gasteiger partial charge in [0.15, 0.2) is 0 Å². The fourth-order valence-corrected chi connectivity index (χ4v) is 1.73. The maximum atomic E-state index is 11.8. The van der Waals surface area contributed by atoms with Crippen molar-refractivity contribution in [3.8, 4) is 0 Å². The molecule has 0 saturated heterocycles. The zero-order valence-corrected chi connectivity index (χ0v) is 9.55. The molecule has 1 aromatic heterocycles. The number of aromatic amines is 1. The second-order valence-corrected chi connectivity index (χ2v) is 4.31. The summed E-state index contributed by atoms with van der Waals surface area (Å²) in [6.07, 6.45) is 3.98. The van der Waals surface area contributed by atoms with Gasteiger partial charge in [0.05, 0.1) is 12.6 Å². The van der Waals surface area contributed by atoms with Gasteiger partial charge >= 0.3 is 5.97 Å². The summed E-state index contributed by atoms with van der Waals surface area (Å²) in [5.74, 6) is -1.18. The minimum Gasteiger partial charge on any atom is -0.481 e. The number of carbonyl (C=O) groups is 2. The Balaban J connectivity index is 2.02. The lowest BCUT2D eigenvalue weighted by atomic mass is 10.1. The van der Waals surface area contributed by atoms with E-state index in [1.807, 2.05) is 0 Å². The van der Waals surface area contributed by atoms with Crippen LogP contribution in [0.3, 0.4) is 0 Å². The molecule has 0 aromatic carbocycles. The highest BCUT2D eigenvalue weighted by Gasteiger charge is 2.34. The Morgan fingerprint density at radius 2 is 2.28 bits per heavy atom. The highest BCUT2D eigenvalue weighted by Crippen LogP contribution is 2.34. The van der Waals surface area contributed by atoms with Gasteiger partial charge in [-0.25, -0.2) is 4.98 Å². The first-order valence-corrected chi connectivity index (χ1v) is 5.63. The Morgan fingerprint density at radius 3 is 2.78 bits per heavy atom. The number of aliphatic carboxylic acids is 1. The van der Waals surface area contributed by atoms with E-state index in [0.29, 0.717) is 0 Å². The van der Waals surface area contributed by atoms with Crippen molar-refractivity contribution in [3.63, 3.8) is 0 Å². The maximum Gasteiger partial charge on any atom is 0.305 e. The molecule has 0 radical (unpaired) electrons. The minimum atomic E-state index is -0.943. The molecule has 0 bridgehead atoms. The topological polar surface area (TPSA) is 112 Å². The molecule has 7 heteroatoms. The van der Waals surface area contributed by atoms with E-state index in [9.17, 15) is 14.4 Å². The second kappa shape index (κ2) is 4.99. The number of aromatic nitrogens is 2. The van der Waals surface area contributed by atoms with E-state index in [4.69, 9.17) is 5.11 Å². The standard InChI is InChI=1S/C11H13N3O4/c15-9-5-12-8(4-13-9)11(18)14-7(3-10(16)17)6-1-2-6/h4-7H,1-3H2,(H,13,15)(H,14,18)(H,16,17). The van der Waals surface area contributed by atoms with Gasteiger partial charge in [-0.15, -0.1) is 0 Å². The normalized spacial score (nSPS) is 16.0. The van der Waals surface area contributed by atoms with Crippen molar-refractivity contribution < 1.29 is 14.7 Å². The number of nitrogens with one attached hydrogen (secondary N) is 2. The van der Waals surface area contributed by atoms with E-state index in [0.717, 1.165) is 19.0 Å². The van der Waals surface area contributed by atoms with Gasteiger partial charge in [-0.3, -0.25) is 14.4 Å². The van der Waals surface area contributed by atoms with Gasteiger partial charge in [-0.1, -0.05) is 0 Å². The Labute approximate surface area is 102 Å².